The minimum Gasteiger partial charge on any atom is -0.369 e. The van der Waals surface area contributed by atoms with E-state index in [0.29, 0.717) is 6.54 Å². The van der Waals surface area contributed by atoms with Gasteiger partial charge in [-0.3, -0.25) is 0 Å². The van der Waals surface area contributed by atoms with Crippen LogP contribution in [0, 0.1) is 6.92 Å². The van der Waals surface area contributed by atoms with Crippen molar-refractivity contribution in [2.24, 2.45) is 5.73 Å². The number of hydrogen-bond donors (Lipinski definition) is 1. The molecule has 2 heteroatoms. The van der Waals surface area contributed by atoms with E-state index in [0.717, 1.165) is 12.8 Å². The predicted octanol–water partition coefficient (Wildman–Crippen LogP) is 2.17. The molecular weight excluding hydrogens is 174 g/mol. The van der Waals surface area contributed by atoms with Gasteiger partial charge in [0.05, 0.1) is 12.2 Å². The Labute approximate surface area is 85.1 Å². The molecule has 0 aliphatic carbocycles. The Morgan fingerprint density at radius 1 is 1.43 bits per heavy atom. The van der Waals surface area contributed by atoms with Crippen LogP contribution in [0.1, 0.15) is 30.1 Å². The molecular formula is C12H17NO. The second-order valence-electron chi connectivity index (χ2n) is 3.97. The third kappa shape index (κ3) is 1.97. The molecule has 0 radical (unpaired) electrons. The molecule has 1 fully saturated rings. The molecule has 1 aromatic carbocycles. The first-order chi connectivity index (χ1) is 6.79. The standard InChI is InChI=1S/C12H17NO/c1-9-3-2-4-10(7-9)12-6-5-11(8-13)14-12/h2-4,7,11-12H,5-6,8,13H2,1H3. The van der Waals surface area contributed by atoms with E-state index >= 15 is 0 Å². The van der Waals surface area contributed by atoms with Crippen LogP contribution < -0.4 is 5.73 Å². The van der Waals surface area contributed by atoms with E-state index in [9.17, 15) is 0 Å². The Hall–Kier alpha value is -0.860. The Balaban J connectivity index is 2.09. The fourth-order valence-electron chi connectivity index (χ4n) is 1.99. The predicted molar refractivity (Wildman–Crippen MR) is 57.1 cm³/mol. The summed E-state index contributed by atoms with van der Waals surface area (Å²) < 4.78 is 5.83. The maximum absolute atomic E-state index is 5.83. The van der Waals surface area contributed by atoms with Crippen LogP contribution in [0.15, 0.2) is 24.3 Å². The van der Waals surface area contributed by atoms with Crippen molar-refractivity contribution >= 4 is 0 Å². The molecule has 0 amide bonds. The highest BCUT2D eigenvalue weighted by atomic mass is 16.5. The number of aryl methyl sites for hydroxylation is 1. The summed E-state index contributed by atoms with van der Waals surface area (Å²) >= 11 is 0. The first-order valence-electron chi connectivity index (χ1n) is 5.21. The second-order valence-corrected chi connectivity index (χ2v) is 3.97. The summed E-state index contributed by atoms with van der Waals surface area (Å²) in [5.74, 6) is 0. The zero-order valence-electron chi connectivity index (χ0n) is 8.57. The highest BCUT2D eigenvalue weighted by molar-refractivity contribution is 5.24. The summed E-state index contributed by atoms with van der Waals surface area (Å²) in [6.07, 6.45) is 2.73. The van der Waals surface area contributed by atoms with Gasteiger partial charge in [-0.2, -0.15) is 0 Å². The topological polar surface area (TPSA) is 35.2 Å². The highest BCUT2D eigenvalue weighted by Crippen LogP contribution is 2.32. The first-order valence-corrected chi connectivity index (χ1v) is 5.21. The second kappa shape index (κ2) is 4.11. The SMILES string of the molecule is Cc1cccc(C2CCC(CN)O2)c1. The van der Waals surface area contributed by atoms with Crippen LogP contribution in [-0.2, 0) is 4.74 Å². The molecule has 0 aromatic heterocycles. The van der Waals surface area contributed by atoms with Crippen molar-refractivity contribution in [3.63, 3.8) is 0 Å². The fraction of sp³-hybridized carbons (Fsp3) is 0.500. The molecule has 76 valence electrons. The van der Waals surface area contributed by atoms with Crippen LogP contribution in [-0.4, -0.2) is 12.6 Å². The first kappa shape index (κ1) is 9.69. The normalized spacial score (nSPS) is 26.7. The Morgan fingerprint density at radius 3 is 2.93 bits per heavy atom. The van der Waals surface area contributed by atoms with Gasteiger partial charge in [0.25, 0.3) is 0 Å². The third-order valence-electron chi connectivity index (χ3n) is 2.78. The van der Waals surface area contributed by atoms with Gasteiger partial charge < -0.3 is 10.5 Å². The van der Waals surface area contributed by atoms with Gasteiger partial charge in [-0.1, -0.05) is 29.8 Å². The maximum Gasteiger partial charge on any atom is 0.0830 e. The van der Waals surface area contributed by atoms with Crippen LogP contribution in [0.2, 0.25) is 0 Å². The van der Waals surface area contributed by atoms with Gasteiger partial charge in [0, 0.05) is 6.54 Å². The van der Waals surface area contributed by atoms with E-state index < -0.39 is 0 Å². The van der Waals surface area contributed by atoms with E-state index in [1.54, 1.807) is 0 Å². The molecule has 1 aliphatic heterocycles. The van der Waals surface area contributed by atoms with E-state index in [2.05, 4.69) is 31.2 Å². The van der Waals surface area contributed by atoms with E-state index in [1.165, 1.54) is 11.1 Å². The molecule has 1 saturated heterocycles. The van der Waals surface area contributed by atoms with Gasteiger partial charge in [-0.15, -0.1) is 0 Å². The average Bonchev–Trinajstić information content (AvgIpc) is 2.66. The van der Waals surface area contributed by atoms with Crippen molar-refractivity contribution in [3.05, 3.63) is 35.4 Å². The number of benzene rings is 1. The van der Waals surface area contributed by atoms with Crippen molar-refractivity contribution in [2.75, 3.05) is 6.54 Å². The molecule has 2 unspecified atom stereocenters. The summed E-state index contributed by atoms with van der Waals surface area (Å²) in [6.45, 7) is 2.75. The molecule has 2 N–H and O–H groups in total. The van der Waals surface area contributed by atoms with Crippen LogP contribution >= 0.6 is 0 Å². The highest BCUT2D eigenvalue weighted by Gasteiger charge is 2.25. The molecule has 1 heterocycles. The Bertz CT molecular complexity index is 311. The number of rotatable bonds is 2. The van der Waals surface area contributed by atoms with Crippen molar-refractivity contribution in [2.45, 2.75) is 32.0 Å². The van der Waals surface area contributed by atoms with Crippen molar-refractivity contribution in [1.82, 2.24) is 0 Å². The summed E-state index contributed by atoms with van der Waals surface area (Å²) in [5, 5.41) is 0. The quantitative estimate of drug-likeness (QED) is 0.777. The summed E-state index contributed by atoms with van der Waals surface area (Å²) in [6, 6.07) is 8.53. The van der Waals surface area contributed by atoms with E-state index in [4.69, 9.17) is 10.5 Å². The van der Waals surface area contributed by atoms with Gasteiger partial charge in [-0.25, -0.2) is 0 Å². The summed E-state index contributed by atoms with van der Waals surface area (Å²) in [4.78, 5) is 0. The van der Waals surface area contributed by atoms with Crippen LogP contribution in [0.3, 0.4) is 0 Å². The number of hydrogen-bond acceptors (Lipinski definition) is 2. The molecule has 1 aliphatic rings. The average molecular weight is 191 g/mol. The van der Waals surface area contributed by atoms with Gasteiger partial charge in [0.15, 0.2) is 0 Å². The molecule has 2 rings (SSSR count). The molecule has 2 atom stereocenters. The Kier molecular flexibility index (Phi) is 2.85. The van der Waals surface area contributed by atoms with E-state index in [1.807, 2.05) is 0 Å². The summed E-state index contributed by atoms with van der Waals surface area (Å²) in [5.41, 5.74) is 8.17. The molecule has 14 heavy (non-hydrogen) atoms. The van der Waals surface area contributed by atoms with Crippen LogP contribution in [0.4, 0.5) is 0 Å². The van der Waals surface area contributed by atoms with Crippen LogP contribution in [0.25, 0.3) is 0 Å². The lowest BCUT2D eigenvalue weighted by atomic mass is 10.0. The minimum absolute atomic E-state index is 0.264. The molecule has 0 spiro atoms. The number of nitrogens with two attached hydrogens (primary N) is 1. The fourth-order valence-corrected chi connectivity index (χ4v) is 1.99. The smallest absolute Gasteiger partial charge is 0.0830 e. The van der Waals surface area contributed by atoms with Gasteiger partial charge in [0.2, 0.25) is 0 Å². The monoisotopic (exact) mass is 191 g/mol. The molecule has 2 nitrogen and oxygen atoms in total. The Morgan fingerprint density at radius 2 is 2.29 bits per heavy atom. The summed E-state index contributed by atoms with van der Waals surface area (Å²) in [7, 11) is 0. The lowest BCUT2D eigenvalue weighted by molar-refractivity contribution is 0.0498. The molecule has 1 aromatic rings. The van der Waals surface area contributed by atoms with Gasteiger partial charge >= 0.3 is 0 Å². The van der Waals surface area contributed by atoms with Crippen LogP contribution in [0.5, 0.6) is 0 Å². The minimum atomic E-state index is 0.264. The molecule has 0 saturated carbocycles. The lowest BCUT2D eigenvalue weighted by Crippen LogP contribution is -2.18. The van der Waals surface area contributed by atoms with Crippen molar-refractivity contribution < 1.29 is 4.74 Å². The van der Waals surface area contributed by atoms with Gasteiger partial charge in [0.1, 0.15) is 0 Å². The van der Waals surface area contributed by atoms with Crippen molar-refractivity contribution in [1.29, 1.82) is 0 Å². The van der Waals surface area contributed by atoms with Crippen molar-refractivity contribution in [3.8, 4) is 0 Å². The third-order valence-corrected chi connectivity index (χ3v) is 2.78. The zero-order valence-corrected chi connectivity index (χ0v) is 8.57. The van der Waals surface area contributed by atoms with E-state index in [-0.39, 0.29) is 12.2 Å². The van der Waals surface area contributed by atoms with Gasteiger partial charge in [-0.05, 0) is 25.3 Å². The zero-order chi connectivity index (χ0) is 9.97. The lowest BCUT2D eigenvalue weighted by Gasteiger charge is -2.12. The number of ether oxygens (including phenoxy) is 1. The largest absolute Gasteiger partial charge is 0.369 e. The maximum atomic E-state index is 5.83. The molecule has 0 bridgehead atoms.